The summed E-state index contributed by atoms with van der Waals surface area (Å²) in [7, 11) is 0. The molecule has 3 heterocycles. The highest BCUT2D eigenvalue weighted by molar-refractivity contribution is 7.99. The number of fused-ring (bicyclic) bond motifs is 1. The number of thiophene rings is 1. The summed E-state index contributed by atoms with van der Waals surface area (Å²) in [5.74, 6) is 1.000. The predicted molar refractivity (Wildman–Crippen MR) is 109 cm³/mol. The van der Waals surface area contributed by atoms with Crippen molar-refractivity contribution in [1.29, 1.82) is 0 Å². The number of hydrogen-bond donors (Lipinski definition) is 0. The Bertz CT molecular complexity index is 872. The molecule has 1 aliphatic heterocycles. The molecule has 0 spiro atoms. The van der Waals surface area contributed by atoms with Crippen LogP contribution in [0.5, 0.6) is 0 Å². The van der Waals surface area contributed by atoms with E-state index in [1.54, 1.807) is 22.0 Å². The van der Waals surface area contributed by atoms with Gasteiger partial charge >= 0.3 is 0 Å². The van der Waals surface area contributed by atoms with Crippen molar-refractivity contribution < 1.29 is 4.79 Å². The zero-order valence-corrected chi connectivity index (χ0v) is 17.0. The van der Waals surface area contributed by atoms with Gasteiger partial charge in [-0.15, -0.1) is 17.9 Å². The van der Waals surface area contributed by atoms with Crippen LogP contribution in [-0.4, -0.2) is 39.2 Å². The minimum absolute atomic E-state index is 0.0487. The molecule has 5 nitrogen and oxygen atoms in total. The summed E-state index contributed by atoms with van der Waals surface area (Å²) in [6, 6.07) is 1.93. The highest BCUT2D eigenvalue weighted by Gasteiger charge is 2.22. The predicted octanol–water partition coefficient (Wildman–Crippen LogP) is 3.56. The molecule has 0 aliphatic carbocycles. The van der Waals surface area contributed by atoms with Crippen molar-refractivity contribution in [3.8, 4) is 0 Å². The maximum absolute atomic E-state index is 12.8. The molecule has 2 aromatic rings. The topological polar surface area (TPSA) is 55.2 Å². The van der Waals surface area contributed by atoms with Gasteiger partial charge in [-0.3, -0.25) is 14.2 Å². The lowest BCUT2D eigenvalue weighted by atomic mass is 10.0. The van der Waals surface area contributed by atoms with Gasteiger partial charge in [0.1, 0.15) is 4.83 Å². The number of piperidine rings is 1. The fraction of sp³-hybridized carbons (Fsp3) is 0.526. The maximum Gasteiger partial charge on any atom is 0.263 e. The van der Waals surface area contributed by atoms with Gasteiger partial charge in [0.15, 0.2) is 5.16 Å². The van der Waals surface area contributed by atoms with Crippen molar-refractivity contribution in [1.82, 2.24) is 14.5 Å². The summed E-state index contributed by atoms with van der Waals surface area (Å²) in [5, 5.41) is 1.26. The Hall–Kier alpha value is -1.60. The highest BCUT2D eigenvalue weighted by atomic mass is 32.2. The number of thioether (sulfide) groups is 1. The van der Waals surface area contributed by atoms with Crippen molar-refractivity contribution in [3.63, 3.8) is 0 Å². The Kier molecular flexibility index (Phi) is 6.19. The van der Waals surface area contributed by atoms with Gasteiger partial charge in [0.25, 0.3) is 5.56 Å². The molecule has 1 amide bonds. The quantitative estimate of drug-likeness (QED) is 0.429. The molecule has 0 aromatic carbocycles. The second-order valence-electron chi connectivity index (χ2n) is 6.76. The van der Waals surface area contributed by atoms with Crippen LogP contribution < -0.4 is 5.56 Å². The third-order valence-corrected chi connectivity index (χ3v) is 6.80. The number of amides is 1. The number of allylic oxidation sites excluding steroid dienone is 1. The van der Waals surface area contributed by atoms with Crippen molar-refractivity contribution in [2.45, 2.75) is 44.8 Å². The van der Waals surface area contributed by atoms with Crippen LogP contribution in [-0.2, 0) is 17.8 Å². The van der Waals surface area contributed by atoms with E-state index >= 15 is 0 Å². The maximum atomic E-state index is 12.8. The first kappa shape index (κ1) is 19.2. The number of aromatic nitrogens is 2. The van der Waals surface area contributed by atoms with Crippen LogP contribution in [0.15, 0.2) is 28.7 Å². The van der Waals surface area contributed by atoms with E-state index in [0.29, 0.717) is 28.8 Å². The average molecular weight is 392 g/mol. The number of carbonyl (C=O) groups is 1. The Balaban J connectivity index is 1.83. The number of likely N-dealkylation sites (tertiary alicyclic amines) is 1. The molecule has 1 unspecified atom stereocenters. The number of hydrogen-bond acceptors (Lipinski definition) is 5. The summed E-state index contributed by atoms with van der Waals surface area (Å²) >= 11 is 2.91. The monoisotopic (exact) mass is 391 g/mol. The van der Waals surface area contributed by atoms with Gasteiger partial charge in [0.05, 0.1) is 11.1 Å². The van der Waals surface area contributed by atoms with Crippen LogP contribution in [0.1, 0.15) is 31.6 Å². The Labute approximate surface area is 162 Å². The van der Waals surface area contributed by atoms with E-state index in [4.69, 9.17) is 0 Å². The van der Waals surface area contributed by atoms with Gasteiger partial charge in [0, 0.05) is 24.5 Å². The van der Waals surface area contributed by atoms with E-state index in [-0.39, 0.29) is 11.5 Å². The van der Waals surface area contributed by atoms with Crippen molar-refractivity contribution >= 4 is 39.2 Å². The molecule has 1 fully saturated rings. The normalized spacial score (nSPS) is 17.6. The first-order valence-corrected chi connectivity index (χ1v) is 10.9. The van der Waals surface area contributed by atoms with Gasteiger partial charge in [-0.1, -0.05) is 31.7 Å². The number of carbonyl (C=O) groups excluding carboxylic acids is 1. The first-order chi connectivity index (χ1) is 12.5. The van der Waals surface area contributed by atoms with E-state index in [2.05, 4.69) is 25.4 Å². The summed E-state index contributed by atoms with van der Waals surface area (Å²) < 4.78 is 1.62. The summed E-state index contributed by atoms with van der Waals surface area (Å²) in [5.41, 5.74) is -0.0487. The molecule has 1 aliphatic rings. The van der Waals surface area contributed by atoms with Gasteiger partial charge in [-0.2, -0.15) is 0 Å². The molecule has 0 radical (unpaired) electrons. The molecule has 2 aromatic heterocycles. The zero-order chi connectivity index (χ0) is 18.7. The first-order valence-electron chi connectivity index (χ1n) is 9.08. The fourth-order valence-electron chi connectivity index (χ4n) is 3.26. The highest BCUT2D eigenvalue weighted by Crippen LogP contribution is 2.26. The van der Waals surface area contributed by atoms with E-state index in [1.165, 1.54) is 18.2 Å². The van der Waals surface area contributed by atoms with Crippen LogP contribution in [0.3, 0.4) is 0 Å². The molecule has 3 rings (SSSR count). The van der Waals surface area contributed by atoms with Crippen molar-refractivity contribution in [2.24, 2.45) is 5.92 Å². The summed E-state index contributed by atoms with van der Waals surface area (Å²) in [6.07, 6.45) is 4.83. The van der Waals surface area contributed by atoms with Crippen molar-refractivity contribution in [2.75, 3.05) is 18.8 Å². The molecular weight excluding hydrogens is 366 g/mol. The lowest BCUT2D eigenvalue weighted by molar-refractivity contribution is -0.130. The Morgan fingerprint density at radius 1 is 1.54 bits per heavy atom. The molecule has 0 bridgehead atoms. The SMILES string of the molecule is C=CCn1c(SCC(=O)N2CCCC(C)C2)nc2sc(CC)cc2c1=O. The second kappa shape index (κ2) is 8.39. The molecule has 140 valence electrons. The van der Waals surface area contributed by atoms with Crippen LogP contribution in [0.2, 0.25) is 0 Å². The third-order valence-electron chi connectivity index (χ3n) is 4.66. The Morgan fingerprint density at radius 2 is 2.35 bits per heavy atom. The zero-order valence-electron chi connectivity index (χ0n) is 15.4. The molecular formula is C19H25N3O2S2. The third kappa shape index (κ3) is 4.04. The van der Waals surface area contributed by atoms with Crippen LogP contribution in [0, 0.1) is 5.92 Å². The van der Waals surface area contributed by atoms with E-state index in [0.717, 1.165) is 35.6 Å². The average Bonchev–Trinajstić information content (AvgIpc) is 3.06. The molecule has 1 saturated heterocycles. The van der Waals surface area contributed by atoms with Gasteiger partial charge in [-0.25, -0.2) is 4.98 Å². The molecule has 26 heavy (non-hydrogen) atoms. The Morgan fingerprint density at radius 3 is 3.04 bits per heavy atom. The number of aryl methyl sites for hydroxylation is 1. The van der Waals surface area contributed by atoms with Gasteiger partial charge in [-0.05, 0) is 31.2 Å². The van der Waals surface area contributed by atoms with E-state index in [1.807, 2.05) is 11.0 Å². The fourth-order valence-corrected chi connectivity index (χ4v) is 5.17. The standard InChI is InChI=1S/C19H25N3O2S2/c1-4-8-22-18(24)15-10-14(5-2)26-17(15)20-19(22)25-12-16(23)21-9-6-7-13(3)11-21/h4,10,13H,1,5-9,11-12H2,2-3H3. The van der Waals surface area contributed by atoms with Crippen LogP contribution in [0.25, 0.3) is 10.2 Å². The van der Waals surface area contributed by atoms with Gasteiger partial charge < -0.3 is 4.90 Å². The summed E-state index contributed by atoms with van der Waals surface area (Å²) in [6.45, 7) is 10.1. The van der Waals surface area contributed by atoms with E-state index in [9.17, 15) is 9.59 Å². The molecule has 0 saturated carbocycles. The van der Waals surface area contributed by atoms with Crippen molar-refractivity contribution in [3.05, 3.63) is 34.0 Å². The summed E-state index contributed by atoms with van der Waals surface area (Å²) in [4.78, 5) is 33.9. The van der Waals surface area contributed by atoms with Crippen LogP contribution in [0.4, 0.5) is 0 Å². The largest absolute Gasteiger partial charge is 0.342 e. The number of nitrogens with zero attached hydrogens (tertiary/aromatic N) is 3. The second-order valence-corrected chi connectivity index (χ2v) is 8.82. The lowest BCUT2D eigenvalue weighted by Gasteiger charge is -2.30. The van der Waals surface area contributed by atoms with E-state index < -0.39 is 0 Å². The minimum atomic E-state index is -0.0487. The smallest absolute Gasteiger partial charge is 0.263 e. The molecule has 7 heteroatoms. The number of rotatable bonds is 6. The van der Waals surface area contributed by atoms with Gasteiger partial charge in [0.2, 0.25) is 5.91 Å². The molecule has 1 atom stereocenters. The lowest BCUT2D eigenvalue weighted by Crippen LogP contribution is -2.40. The molecule has 0 N–H and O–H groups in total. The minimum Gasteiger partial charge on any atom is -0.342 e. The van der Waals surface area contributed by atoms with Crippen LogP contribution >= 0.6 is 23.1 Å².